The molecule has 1 fully saturated rings. The first-order valence-electron chi connectivity index (χ1n) is 2.42. The molecule has 0 bridgehead atoms. The minimum Gasteiger partial charge on any atom is -0.348 e. The van der Waals surface area contributed by atoms with E-state index < -0.39 is 5.85 Å². The standard InChI is InChI=1S/C4H10N2O/c5-4(6)2-1-3-7-4/h1-3,5-6H2. The van der Waals surface area contributed by atoms with Crippen molar-refractivity contribution >= 4 is 0 Å². The van der Waals surface area contributed by atoms with E-state index >= 15 is 0 Å². The number of nitrogens with two attached hydrogens (primary N) is 2. The van der Waals surface area contributed by atoms with Crippen molar-refractivity contribution in [1.29, 1.82) is 0 Å². The molecule has 0 saturated carbocycles. The van der Waals surface area contributed by atoms with Gasteiger partial charge < -0.3 is 4.74 Å². The lowest BCUT2D eigenvalue weighted by Crippen LogP contribution is -2.48. The lowest BCUT2D eigenvalue weighted by molar-refractivity contribution is 0.0152. The molecular weight excluding hydrogens is 92.1 g/mol. The molecule has 1 saturated heterocycles. The Labute approximate surface area is 42.6 Å². The summed E-state index contributed by atoms with van der Waals surface area (Å²) in [5.74, 6) is -0.806. The second kappa shape index (κ2) is 1.43. The SMILES string of the molecule is NC1(N)CCCO1. The predicted octanol–water partition coefficient (Wildman–Crippen LogP) is -0.632. The van der Waals surface area contributed by atoms with E-state index in [0.29, 0.717) is 6.61 Å². The lowest BCUT2D eigenvalue weighted by atomic mass is 10.3. The van der Waals surface area contributed by atoms with Gasteiger partial charge in [-0.3, -0.25) is 11.5 Å². The summed E-state index contributed by atoms with van der Waals surface area (Å²) in [5.41, 5.74) is 10.7. The summed E-state index contributed by atoms with van der Waals surface area (Å²) in [7, 11) is 0. The normalized spacial score (nSPS) is 28.3. The van der Waals surface area contributed by atoms with E-state index in [2.05, 4.69) is 0 Å². The van der Waals surface area contributed by atoms with Crippen LogP contribution in [0.25, 0.3) is 0 Å². The van der Waals surface area contributed by atoms with Gasteiger partial charge in [0.2, 0.25) is 0 Å². The molecule has 0 aromatic carbocycles. The topological polar surface area (TPSA) is 61.3 Å². The van der Waals surface area contributed by atoms with Crippen LogP contribution in [-0.2, 0) is 4.74 Å². The Morgan fingerprint density at radius 2 is 2.14 bits per heavy atom. The fourth-order valence-corrected chi connectivity index (χ4v) is 0.683. The van der Waals surface area contributed by atoms with Crippen molar-refractivity contribution in [2.45, 2.75) is 18.7 Å². The quantitative estimate of drug-likeness (QED) is 0.400. The number of rotatable bonds is 0. The summed E-state index contributed by atoms with van der Waals surface area (Å²) in [4.78, 5) is 0. The largest absolute Gasteiger partial charge is 0.348 e. The molecule has 1 aliphatic rings. The zero-order chi connectivity index (χ0) is 5.33. The molecule has 0 amide bonds. The Morgan fingerprint density at radius 3 is 2.29 bits per heavy atom. The molecule has 4 N–H and O–H groups in total. The van der Waals surface area contributed by atoms with E-state index in [4.69, 9.17) is 16.2 Å². The fraction of sp³-hybridized carbons (Fsp3) is 1.00. The van der Waals surface area contributed by atoms with Crippen LogP contribution in [0.5, 0.6) is 0 Å². The molecular formula is C4H10N2O. The van der Waals surface area contributed by atoms with E-state index in [1.54, 1.807) is 0 Å². The molecule has 0 aromatic rings. The third kappa shape index (κ3) is 1.12. The maximum absolute atomic E-state index is 5.33. The summed E-state index contributed by atoms with van der Waals surface area (Å²) in [6, 6.07) is 0. The summed E-state index contributed by atoms with van der Waals surface area (Å²) in [5, 5.41) is 0. The van der Waals surface area contributed by atoms with Gasteiger partial charge in [-0.2, -0.15) is 0 Å². The van der Waals surface area contributed by atoms with Crippen LogP contribution < -0.4 is 11.5 Å². The lowest BCUT2D eigenvalue weighted by Gasteiger charge is -2.14. The maximum atomic E-state index is 5.33. The van der Waals surface area contributed by atoms with E-state index in [0.717, 1.165) is 12.8 Å². The van der Waals surface area contributed by atoms with Crippen LogP contribution in [0.1, 0.15) is 12.8 Å². The first kappa shape index (κ1) is 5.03. The monoisotopic (exact) mass is 102 g/mol. The molecule has 42 valence electrons. The van der Waals surface area contributed by atoms with Crippen molar-refractivity contribution < 1.29 is 4.74 Å². The minimum absolute atomic E-state index is 0.715. The Hall–Kier alpha value is -0.120. The van der Waals surface area contributed by atoms with Gasteiger partial charge in [0.05, 0.1) is 6.61 Å². The van der Waals surface area contributed by atoms with Gasteiger partial charge in [0.1, 0.15) is 0 Å². The Kier molecular flexibility index (Phi) is 1.03. The average molecular weight is 102 g/mol. The van der Waals surface area contributed by atoms with Crippen LogP contribution in [0.2, 0.25) is 0 Å². The first-order valence-corrected chi connectivity index (χ1v) is 2.42. The van der Waals surface area contributed by atoms with E-state index in [9.17, 15) is 0 Å². The van der Waals surface area contributed by atoms with Crippen LogP contribution >= 0.6 is 0 Å². The van der Waals surface area contributed by atoms with Crippen LogP contribution in [-0.4, -0.2) is 12.5 Å². The maximum Gasteiger partial charge on any atom is 0.169 e. The summed E-state index contributed by atoms with van der Waals surface area (Å²) in [6.07, 6.45) is 1.78. The second-order valence-electron chi connectivity index (χ2n) is 1.91. The van der Waals surface area contributed by atoms with Gasteiger partial charge in [-0.1, -0.05) is 0 Å². The van der Waals surface area contributed by atoms with E-state index in [-0.39, 0.29) is 0 Å². The highest BCUT2D eigenvalue weighted by Crippen LogP contribution is 2.12. The summed E-state index contributed by atoms with van der Waals surface area (Å²) < 4.78 is 4.90. The highest BCUT2D eigenvalue weighted by Gasteiger charge is 2.24. The van der Waals surface area contributed by atoms with Crippen molar-refractivity contribution in [3.63, 3.8) is 0 Å². The van der Waals surface area contributed by atoms with Crippen molar-refractivity contribution in [3.8, 4) is 0 Å². The number of hydrogen-bond donors (Lipinski definition) is 2. The van der Waals surface area contributed by atoms with Gasteiger partial charge in [0, 0.05) is 6.42 Å². The molecule has 0 spiro atoms. The smallest absolute Gasteiger partial charge is 0.169 e. The highest BCUT2D eigenvalue weighted by atomic mass is 16.5. The predicted molar refractivity (Wildman–Crippen MR) is 26.3 cm³/mol. The van der Waals surface area contributed by atoms with Crippen LogP contribution in [0.15, 0.2) is 0 Å². The van der Waals surface area contributed by atoms with Crippen molar-refractivity contribution in [3.05, 3.63) is 0 Å². The second-order valence-corrected chi connectivity index (χ2v) is 1.91. The number of hydrogen-bond acceptors (Lipinski definition) is 3. The Bertz CT molecular complexity index is 64.1. The third-order valence-electron chi connectivity index (χ3n) is 1.08. The van der Waals surface area contributed by atoms with E-state index in [1.165, 1.54) is 0 Å². The van der Waals surface area contributed by atoms with Crippen molar-refractivity contribution in [1.82, 2.24) is 0 Å². The molecule has 3 heteroatoms. The Morgan fingerprint density at radius 1 is 1.43 bits per heavy atom. The molecule has 0 aromatic heterocycles. The van der Waals surface area contributed by atoms with Crippen LogP contribution in [0.4, 0.5) is 0 Å². The summed E-state index contributed by atoms with van der Waals surface area (Å²) in [6.45, 7) is 0.715. The fourth-order valence-electron chi connectivity index (χ4n) is 0.683. The highest BCUT2D eigenvalue weighted by molar-refractivity contribution is 4.69. The molecule has 3 nitrogen and oxygen atoms in total. The molecule has 0 radical (unpaired) electrons. The zero-order valence-corrected chi connectivity index (χ0v) is 4.18. The molecule has 0 atom stereocenters. The summed E-state index contributed by atoms with van der Waals surface area (Å²) >= 11 is 0. The van der Waals surface area contributed by atoms with Crippen LogP contribution in [0, 0.1) is 0 Å². The number of ether oxygens (including phenoxy) is 1. The average Bonchev–Trinajstić information content (AvgIpc) is 1.84. The first-order chi connectivity index (χ1) is 3.21. The minimum atomic E-state index is -0.806. The van der Waals surface area contributed by atoms with Gasteiger partial charge in [-0.25, -0.2) is 0 Å². The van der Waals surface area contributed by atoms with Crippen molar-refractivity contribution in [2.24, 2.45) is 11.5 Å². The van der Waals surface area contributed by atoms with Gasteiger partial charge >= 0.3 is 0 Å². The third-order valence-corrected chi connectivity index (χ3v) is 1.08. The van der Waals surface area contributed by atoms with Gasteiger partial charge in [-0.05, 0) is 6.42 Å². The molecule has 1 heterocycles. The Balaban J connectivity index is 2.40. The zero-order valence-electron chi connectivity index (χ0n) is 4.18. The van der Waals surface area contributed by atoms with Gasteiger partial charge in [0.15, 0.2) is 5.85 Å². The van der Waals surface area contributed by atoms with Gasteiger partial charge in [-0.15, -0.1) is 0 Å². The van der Waals surface area contributed by atoms with Crippen LogP contribution in [0.3, 0.4) is 0 Å². The molecule has 0 aliphatic carbocycles. The molecule has 1 rings (SSSR count). The van der Waals surface area contributed by atoms with E-state index in [1.807, 2.05) is 0 Å². The molecule has 0 unspecified atom stereocenters. The van der Waals surface area contributed by atoms with Crippen molar-refractivity contribution in [2.75, 3.05) is 6.61 Å². The van der Waals surface area contributed by atoms with Gasteiger partial charge in [0.25, 0.3) is 0 Å². The molecule has 7 heavy (non-hydrogen) atoms. The molecule has 1 aliphatic heterocycles.